The van der Waals surface area contributed by atoms with Gasteiger partial charge in [-0.2, -0.15) is 0 Å². The Hall–Kier alpha value is -1.98. The molecule has 0 bridgehead atoms. The summed E-state index contributed by atoms with van der Waals surface area (Å²) in [5.41, 5.74) is 3.80. The summed E-state index contributed by atoms with van der Waals surface area (Å²) in [5.74, 6) is 0.720. The number of benzene rings is 1. The van der Waals surface area contributed by atoms with Gasteiger partial charge in [-0.05, 0) is 50.3 Å². The van der Waals surface area contributed by atoms with Gasteiger partial charge in [-0.15, -0.1) is 11.3 Å². The lowest BCUT2D eigenvalue weighted by molar-refractivity contribution is 0.450. The topological polar surface area (TPSA) is 57.8 Å². The van der Waals surface area contributed by atoms with Gasteiger partial charge in [0.05, 0.1) is 11.4 Å². The maximum absolute atomic E-state index is 12.5. The lowest BCUT2D eigenvalue weighted by Crippen LogP contribution is -2.26. The predicted molar refractivity (Wildman–Crippen MR) is 98.8 cm³/mol. The minimum absolute atomic E-state index is 0.000897. The Bertz CT molecular complexity index is 972. The fourth-order valence-corrected chi connectivity index (χ4v) is 4.62. The number of nitrogens with one attached hydrogen (secondary N) is 2. The summed E-state index contributed by atoms with van der Waals surface area (Å²) in [6.45, 7) is 6.10. The molecule has 2 N–H and O–H groups in total. The van der Waals surface area contributed by atoms with Crippen LogP contribution in [0, 0.1) is 13.8 Å². The highest BCUT2D eigenvalue weighted by Gasteiger charge is 2.24. The van der Waals surface area contributed by atoms with Crippen molar-refractivity contribution in [2.24, 2.45) is 0 Å². The number of thiophene rings is 1. The molecule has 4 rings (SSSR count). The van der Waals surface area contributed by atoms with Crippen molar-refractivity contribution in [1.29, 1.82) is 0 Å². The summed E-state index contributed by atoms with van der Waals surface area (Å²) in [6.07, 6.45) is 2.19. The first-order valence-corrected chi connectivity index (χ1v) is 9.20. The van der Waals surface area contributed by atoms with Crippen LogP contribution in [0.3, 0.4) is 0 Å². The van der Waals surface area contributed by atoms with Gasteiger partial charge in [-0.25, -0.2) is 4.98 Å². The van der Waals surface area contributed by atoms with Crippen LogP contribution in [-0.4, -0.2) is 9.97 Å². The maximum Gasteiger partial charge on any atom is 0.259 e. The summed E-state index contributed by atoms with van der Waals surface area (Å²) in [6, 6.07) is 8.90. The predicted octanol–water partition coefficient (Wildman–Crippen LogP) is 3.94. The Morgan fingerprint density at radius 3 is 2.96 bits per heavy atom. The van der Waals surface area contributed by atoms with Gasteiger partial charge in [0.15, 0.2) is 0 Å². The zero-order chi connectivity index (χ0) is 16.8. The van der Waals surface area contributed by atoms with E-state index >= 15 is 0 Å². The summed E-state index contributed by atoms with van der Waals surface area (Å²) in [5, 5.41) is 4.37. The highest BCUT2D eigenvalue weighted by molar-refractivity contribution is 7.18. The molecule has 1 aliphatic carbocycles. The quantitative estimate of drug-likeness (QED) is 0.760. The molecular formula is C19H21N3OS. The summed E-state index contributed by atoms with van der Waals surface area (Å²) >= 11 is 1.60. The fourth-order valence-electron chi connectivity index (χ4n) is 3.59. The number of hydrogen-bond donors (Lipinski definition) is 2. The number of H-pyrrole nitrogens is 1. The van der Waals surface area contributed by atoms with Gasteiger partial charge in [0.2, 0.25) is 0 Å². The molecule has 1 aromatic carbocycles. The lowest BCUT2D eigenvalue weighted by atomic mass is 10.1. The largest absolute Gasteiger partial charge is 0.309 e. The second-order valence-corrected chi connectivity index (χ2v) is 7.80. The van der Waals surface area contributed by atoms with Crippen molar-refractivity contribution in [3.8, 4) is 0 Å². The van der Waals surface area contributed by atoms with E-state index in [1.165, 1.54) is 11.1 Å². The Labute approximate surface area is 145 Å². The molecular weight excluding hydrogens is 318 g/mol. The smallest absolute Gasteiger partial charge is 0.259 e. The lowest BCUT2D eigenvalue weighted by Gasteiger charge is -2.19. The number of aryl methyl sites for hydroxylation is 3. The van der Waals surface area contributed by atoms with E-state index in [2.05, 4.69) is 41.5 Å². The molecule has 0 spiro atoms. The minimum atomic E-state index is -0.0303. The van der Waals surface area contributed by atoms with Crippen molar-refractivity contribution in [1.82, 2.24) is 15.3 Å². The van der Waals surface area contributed by atoms with Crippen LogP contribution in [0.4, 0.5) is 0 Å². The van der Waals surface area contributed by atoms with Crippen molar-refractivity contribution in [3.05, 3.63) is 62.0 Å². The van der Waals surface area contributed by atoms with E-state index in [4.69, 9.17) is 4.98 Å². The molecule has 1 aliphatic rings. The average molecular weight is 339 g/mol. The van der Waals surface area contributed by atoms with Crippen molar-refractivity contribution in [2.45, 2.75) is 45.7 Å². The van der Waals surface area contributed by atoms with Gasteiger partial charge >= 0.3 is 0 Å². The average Bonchev–Trinajstić information content (AvgIpc) is 3.09. The molecule has 0 saturated heterocycles. The highest BCUT2D eigenvalue weighted by atomic mass is 32.1. The van der Waals surface area contributed by atoms with Crippen molar-refractivity contribution >= 4 is 21.6 Å². The van der Waals surface area contributed by atoms with Crippen LogP contribution >= 0.6 is 11.3 Å². The zero-order valence-corrected chi connectivity index (χ0v) is 15.0. The third-order valence-electron chi connectivity index (χ3n) is 5.05. The third kappa shape index (κ3) is 2.48. The van der Waals surface area contributed by atoms with Crippen molar-refractivity contribution < 1.29 is 0 Å². The van der Waals surface area contributed by atoms with E-state index < -0.39 is 0 Å². The molecule has 0 amide bonds. The van der Waals surface area contributed by atoms with Gasteiger partial charge in [0.25, 0.3) is 5.56 Å². The second kappa shape index (κ2) is 5.83. The first-order chi connectivity index (χ1) is 11.5. The molecule has 24 heavy (non-hydrogen) atoms. The maximum atomic E-state index is 12.5. The van der Waals surface area contributed by atoms with Crippen LogP contribution in [0.1, 0.15) is 52.8 Å². The molecule has 5 heteroatoms. The molecule has 124 valence electrons. The van der Waals surface area contributed by atoms with Crippen LogP contribution in [0.25, 0.3) is 10.2 Å². The molecule has 2 aromatic heterocycles. The van der Waals surface area contributed by atoms with Gasteiger partial charge in [0, 0.05) is 10.9 Å². The molecule has 0 saturated carbocycles. The normalized spacial score (nSPS) is 18.0. The number of hydrogen-bond acceptors (Lipinski definition) is 4. The SMILES string of the molecule is Cc1sc2nc([C@@H](C)N[C@@H]3CCc4ccccc43)[nH]c(=O)c2c1C. The molecule has 0 fully saturated rings. The van der Waals surface area contributed by atoms with Gasteiger partial charge in [-0.1, -0.05) is 24.3 Å². The minimum Gasteiger partial charge on any atom is -0.309 e. The van der Waals surface area contributed by atoms with E-state index in [0.29, 0.717) is 6.04 Å². The number of aromatic nitrogens is 2. The van der Waals surface area contributed by atoms with Crippen LogP contribution in [-0.2, 0) is 6.42 Å². The van der Waals surface area contributed by atoms with E-state index in [9.17, 15) is 4.79 Å². The van der Waals surface area contributed by atoms with Crippen molar-refractivity contribution in [2.75, 3.05) is 0 Å². The monoisotopic (exact) mass is 339 g/mol. The standard InChI is InChI=1S/C19H21N3OS/c1-10-12(3)24-19-16(10)18(23)21-17(22-19)11(2)20-15-9-8-13-6-4-5-7-14(13)15/h4-7,11,15,20H,8-9H2,1-3H3,(H,21,22,23)/t11-,15-/m1/s1. The fraction of sp³-hybridized carbons (Fsp3) is 0.368. The van der Waals surface area contributed by atoms with E-state index in [1.807, 2.05) is 13.8 Å². The van der Waals surface area contributed by atoms with Gasteiger partial charge < -0.3 is 10.3 Å². The highest BCUT2D eigenvalue weighted by Crippen LogP contribution is 2.33. The van der Waals surface area contributed by atoms with Crippen LogP contribution in [0.2, 0.25) is 0 Å². The molecule has 0 radical (unpaired) electrons. The van der Waals surface area contributed by atoms with Gasteiger partial charge in [0.1, 0.15) is 10.7 Å². The first kappa shape index (κ1) is 15.5. The summed E-state index contributed by atoms with van der Waals surface area (Å²) in [7, 11) is 0. The van der Waals surface area contributed by atoms with Crippen molar-refractivity contribution in [3.63, 3.8) is 0 Å². The first-order valence-electron chi connectivity index (χ1n) is 8.38. The number of fused-ring (bicyclic) bond motifs is 2. The molecule has 2 atom stereocenters. The molecule has 4 nitrogen and oxygen atoms in total. The number of aromatic amines is 1. The zero-order valence-electron chi connectivity index (χ0n) is 14.1. The molecule has 3 aromatic rings. The Morgan fingerprint density at radius 2 is 2.12 bits per heavy atom. The van der Waals surface area contributed by atoms with Crippen LogP contribution in [0.15, 0.2) is 29.1 Å². The molecule has 0 unspecified atom stereocenters. The van der Waals surface area contributed by atoms with Crippen LogP contribution < -0.4 is 10.9 Å². The number of rotatable bonds is 3. The molecule has 2 heterocycles. The van der Waals surface area contributed by atoms with Crippen LogP contribution in [0.5, 0.6) is 0 Å². The summed E-state index contributed by atoms with van der Waals surface area (Å²) in [4.78, 5) is 22.1. The van der Waals surface area contributed by atoms with E-state index in [1.54, 1.807) is 11.3 Å². The number of nitrogens with zero attached hydrogens (tertiary/aromatic N) is 1. The Morgan fingerprint density at radius 1 is 1.33 bits per heavy atom. The Balaban J connectivity index is 1.65. The molecule has 0 aliphatic heterocycles. The second-order valence-electron chi connectivity index (χ2n) is 6.59. The van der Waals surface area contributed by atoms with E-state index in [-0.39, 0.29) is 11.6 Å². The Kier molecular flexibility index (Phi) is 3.77. The van der Waals surface area contributed by atoms with Gasteiger partial charge in [-0.3, -0.25) is 4.79 Å². The van der Waals surface area contributed by atoms with E-state index in [0.717, 1.165) is 39.3 Å². The third-order valence-corrected chi connectivity index (χ3v) is 6.15. The summed E-state index contributed by atoms with van der Waals surface area (Å²) < 4.78 is 0.